The number of nitrogens with zero attached hydrogens (tertiary/aromatic N) is 7. The van der Waals surface area contributed by atoms with Crippen molar-refractivity contribution in [2.45, 2.75) is 31.7 Å². The molecule has 0 unspecified atom stereocenters. The number of rotatable bonds is 3. The summed E-state index contributed by atoms with van der Waals surface area (Å²) in [7, 11) is 0. The van der Waals surface area contributed by atoms with Crippen LogP contribution in [0.15, 0.2) is 12.4 Å². The first-order valence-electron chi connectivity index (χ1n) is 8.50. The van der Waals surface area contributed by atoms with Gasteiger partial charge >= 0.3 is 0 Å². The minimum absolute atomic E-state index is 0.139. The average Bonchev–Trinajstić information content (AvgIpc) is 3.25. The number of piperidine rings is 1. The highest BCUT2D eigenvalue weighted by Gasteiger charge is 2.27. The van der Waals surface area contributed by atoms with E-state index in [4.69, 9.17) is 11.5 Å². The van der Waals surface area contributed by atoms with Crippen molar-refractivity contribution in [1.82, 2.24) is 29.6 Å². The van der Waals surface area contributed by atoms with Gasteiger partial charge in [0.25, 0.3) is 0 Å². The first kappa shape index (κ1) is 15.1. The SMILES string of the molecule is Nc1nc(N)n(-c2cnc(N3CCC(N4CCCC4)CC3)nc2)n1. The van der Waals surface area contributed by atoms with Crippen molar-refractivity contribution in [1.29, 1.82) is 0 Å². The van der Waals surface area contributed by atoms with Crippen LogP contribution in [0.5, 0.6) is 0 Å². The van der Waals surface area contributed by atoms with E-state index in [0.717, 1.165) is 25.1 Å². The summed E-state index contributed by atoms with van der Waals surface area (Å²) in [5.41, 5.74) is 12.0. The highest BCUT2D eigenvalue weighted by Crippen LogP contribution is 2.23. The second-order valence-electron chi connectivity index (χ2n) is 6.44. The van der Waals surface area contributed by atoms with Crippen molar-refractivity contribution in [2.75, 3.05) is 42.5 Å². The van der Waals surface area contributed by atoms with E-state index < -0.39 is 0 Å². The molecule has 0 aromatic carbocycles. The molecule has 0 amide bonds. The molecule has 0 spiro atoms. The molecule has 2 aliphatic heterocycles. The summed E-state index contributed by atoms with van der Waals surface area (Å²) in [6, 6.07) is 0.723. The molecule has 2 aliphatic rings. The second kappa shape index (κ2) is 6.23. The Hall–Kier alpha value is -2.42. The summed E-state index contributed by atoms with van der Waals surface area (Å²) in [5, 5.41) is 4.04. The molecule has 0 aliphatic carbocycles. The molecule has 9 heteroatoms. The molecule has 2 aromatic rings. The Balaban J connectivity index is 1.41. The van der Waals surface area contributed by atoms with Gasteiger partial charge in [-0.05, 0) is 38.8 Å². The van der Waals surface area contributed by atoms with Gasteiger partial charge in [0, 0.05) is 19.1 Å². The molecular weight excluding hydrogens is 306 g/mol. The van der Waals surface area contributed by atoms with Gasteiger partial charge < -0.3 is 21.3 Å². The lowest BCUT2D eigenvalue weighted by Crippen LogP contribution is -2.44. The Morgan fingerprint density at radius 1 is 0.958 bits per heavy atom. The van der Waals surface area contributed by atoms with Gasteiger partial charge in [-0.3, -0.25) is 0 Å². The van der Waals surface area contributed by atoms with Crippen molar-refractivity contribution < 1.29 is 0 Å². The van der Waals surface area contributed by atoms with Crippen molar-refractivity contribution in [3.63, 3.8) is 0 Å². The van der Waals surface area contributed by atoms with Crippen LogP contribution in [-0.2, 0) is 0 Å². The molecule has 2 aromatic heterocycles. The van der Waals surface area contributed by atoms with Crippen LogP contribution in [-0.4, -0.2) is 61.9 Å². The zero-order valence-corrected chi connectivity index (χ0v) is 13.7. The fourth-order valence-electron chi connectivity index (χ4n) is 3.66. The number of nitrogen functional groups attached to an aromatic ring is 2. The van der Waals surface area contributed by atoms with Crippen molar-refractivity contribution in [2.24, 2.45) is 0 Å². The molecule has 0 bridgehead atoms. The first-order valence-corrected chi connectivity index (χ1v) is 8.50. The van der Waals surface area contributed by atoms with Gasteiger partial charge in [-0.2, -0.15) is 9.67 Å². The van der Waals surface area contributed by atoms with Crippen LogP contribution in [0.25, 0.3) is 5.69 Å². The molecule has 2 saturated heterocycles. The molecule has 2 fully saturated rings. The average molecular weight is 329 g/mol. The second-order valence-corrected chi connectivity index (χ2v) is 6.44. The van der Waals surface area contributed by atoms with Gasteiger partial charge in [-0.15, -0.1) is 5.10 Å². The predicted molar refractivity (Wildman–Crippen MR) is 91.8 cm³/mol. The highest BCUT2D eigenvalue weighted by atomic mass is 15.4. The summed E-state index contributed by atoms with van der Waals surface area (Å²) in [5.74, 6) is 1.13. The molecule has 4 heterocycles. The van der Waals surface area contributed by atoms with Gasteiger partial charge in [-0.25, -0.2) is 9.97 Å². The normalized spacial score (nSPS) is 19.9. The van der Waals surface area contributed by atoms with Crippen LogP contribution in [0, 0.1) is 0 Å². The van der Waals surface area contributed by atoms with Gasteiger partial charge in [0.1, 0.15) is 5.69 Å². The lowest BCUT2D eigenvalue weighted by molar-refractivity contribution is 0.207. The monoisotopic (exact) mass is 329 g/mol. The molecule has 0 radical (unpaired) electrons. The smallest absolute Gasteiger partial charge is 0.241 e. The maximum absolute atomic E-state index is 5.77. The topological polar surface area (TPSA) is 115 Å². The lowest BCUT2D eigenvalue weighted by atomic mass is 10.0. The Kier molecular flexibility index (Phi) is 3.93. The van der Waals surface area contributed by atoms with Crippen LogP contribution < -0.4 is 16.4 Å². The Labute approximate surface area is 140 Å². The van der Waals surface area contributed by atoms with Crippen molar-refractivity contribution in [3.8, 4) is 5.69 Å². The van der Waals surface area contributed by atoms with Crippen molar-refractivity contribution >= 4 is 17.8 Å². The molecule has 4 N–H and O–H groups in total. The Bertz CT molecular complexity index is 681. The third kappa shape index (κ3) is 2.86. The zero-order chi connectivity index (χ0) is 16.5. The third-order valence-corrected chi connectivity index (χ3v) is 4.92. The summed E-state index contributed by atoms with van der Waals surface area (Å²) < 4.78 is 1.44. The summed E-state index contributed by atoms with van der Waals surface area (Å²) >= 11 is 0. The number of nitrogens with two attached hydrogens (primary N) is 2. The quantitative estimate of drug-likeness (QED) is 0.825. The fourth-order valence-corrected chi connectivity index (χ4v) is 3.66. The van der Waals surface area contributed by atoms with E-state index in [9.17, 15) is 0 Å². The summed E-state index contributed by atoms with van der Waals surface area (Å²) in [4.78, 5) is 17.7. The minimum Gasteiger partial charge on any atom is -0.368 e. The highest BCUT2D eigenvalue weighted by molar-refractivity contribution is 5.40. The van der Waals surface area contributed by atoms with Crippen LogP contribution in [0.3, 0.4) is 0 Å². The standard InChI is InChI=1S/C15H23N9/c16-13-20-14(17)24(21-13)12-9-18-15(19-10-12)23-7-3-11(4-8-23)22-5-1-2-6-22/h9-11H,1-8H2,(H4,16,17,20,21). The fraction of sp³-hybridized carbons (Fsp3) is 0.600. The maximum atomic E-state index is 5.77. The van der Waals surface area contributed by atoms with E-state index in [1.165, 1.54) is 43.5 Å². The molecule has 0 atom stereocenters. The van der Waals surface area contributed by atoms with Crippen LogP contribution in [0.2, 0.25) is 0 Å². The molecule has 128 valence electrons. The predicted octanol–water partition coefficient (Wildman–Crippen LogP) is 0.286. The van der Waals surface area contributed by atoms with Gasteiger partial charge in [0.15, 0.2) is 0 Å². The van der Waals surface area contributed by atoms with E-state index in [1.807, 2.05) is 0 Å². The van der Waals surface area contributed by atoms with Gasteiger partial charge in [0.2, 0.25) is 17.8 Å². The number of hydrogen-bond donors (Lipinski definition) is 2. The summed E-state index contributed by atoms with van der Waals surface area (Å²) in [6.45, 7) is 4.52. The van der Waals surface area contributed by atoms with Crippen LogP contribution >= 0.6 is 0 Å². The van der Waals surface area contributed by atoms with E-state index >= 15 is 0 Å². The van der Waals surface area contributed by atoms with Crippen LogP contribution in [0.4, 0.5) is 17.8 Å². The number of hydrogen-bond acceptors (Lipinski definition) is 8. The van der Waals surface area contributed by atoms with Crippen LogP contribution in [0.1, 0.15) is 25.7 Å². The lowest BCUT2D eigenvalue weighted by Gasteiger charge is -2.36. The maximum Gasteiger partial charge on any atom is 0.241 e. The van der Waals surface area contributed by atoms with E-state index in [2.05, 4.69) is 29.9 Å². The van der Waals surface area contributed by atoms with E-state index in [-0.39, 0.29) is 11.9 Å². The van der Waals surface area contributed by atoms with E-state index in [1.54, 1.807) is 12.4 Å². The Morgan fingerprint density at radius 2 is 1.62 bits per heavy atom. The summed E-state index contributed by atoms with van der Waals surface area (Å²) in [6.07, 6.45) is 8.47. The molecular formula is C15H23N9. The number of likely N-dealkylation sites (tertiary alicyclic amines) is 1. The van der Waals surface area contributed by atoms with Gasteiger partial charge in [-0.1, -0.05) is 0 Å². The number of aromatic nitrogens is 5. The molecule has 24 heavy (non-hydrogen) atoms. The molecule has 4 rings (SSSR count). The Morgan fingerprint density at radius 3 is 2.21 bits per heavy atom. The number of anilines is 3. The zero-order valence-electron chi connectivity index (χ0n) is 13.7. The third-order valence-electron chi connectivity index (χ3n) is 4.92. The first-order chi connectivity index (χ1) is 11.7. The molecule has 9 nitrogen and oxygen atoms in total. The largest absolute Gasteiger partial charge is 0.368 e. The molecule has 0 saturated carbocycles. The van der Waals surface area contributed by atoms with Gasteiger partial charge in [0.05, 0.1) is 12.4 Å². The van der Waals surface area contributed by atoms with E-state index in [0.29, 0.717) is 5.69 Å². The van der Waals surface area contributed by atoms with Crippen molar-refractivity contribution in [3.05, 3.63) is 12.4 Å². The minimum atomic E-state index is 0.139.